The van der Waals surface area contributed by atoms with Crippen LogP contribution in [0, 0.1) is 17.2 Å². The highest BCUT2D eigenvalue weighted by molar-refractivity contribution is 7.90. The van der Waals surface area contributed by atoms with Crippen molar-refractivity contribution in [3.05, 3.63) is 0 Å². The van der Waals surface area contributed by atoms with Gasteiger partial charge in [0.2, 0.25) is 11.7 Å². The van der Waals surface area contributed by atoms with Gasteiger partial charge in [0.1, 0.15) is 0 Å². The molecule has 14 heteroatoms. The first-order valence-electron chi connectivity index (χ1n) is 6.78. The summed E-state index contributed by atoms with van der Waals surface area (Å²) in [6, 6.07) is 0.653. The Bertz CT molecular complexity index is 701. The van der Waals surface area contributed by atoms with Crippen LogP contribution in [-0.2, 0) is 24.3 Å². The van der Waals surface area contributed by atoms with Crippen LogP contribution in [0.4, 0.5) is 26.3 Å². The van der Waals surface area contributed by atoms with E-state index in [2.05, 4.69) is 4.74 Å². The van der Waals surface area contributed by atoms with Gasteiger partial charge in [-0.1, -0.05) is 6.92 Å². The average Bonchev–Trinajstić information content (AvgIpc) is 2.46. The molecule has 0 heterocycles. The van der Waals surface area contributed by atoms with Crippen LogP contribution in [0.25, 0.3) is 0 Å². The van der Waals surface area contributed by atoms with Gasteiger partial charge in [0.15, 0.2) is 0 Å². The molecular formula is C12H14F6N2O5S. The SMILES string of the molecule is CCNS(=O)(=O)C(F)(F)C(F)(F)C(F)(F)C(=O)C(C#N)C(=O)OC(C)C. The topological polar surface area (TPSA) is 113 Å². The van der Waals surface area contributed by atoms with Gasteiger partial charge in [-0.05, 0) is 13.8 Å². The second-order valence-corrected chi connectivity index (χ2v) is 6.89. The summed E-state index contributed by atoms with van der Waals surface area (Å²) in [6.07, 6.45) is -1.05. The zero-order valence-corrected chi connectivity index (χ0v) is 14.3. The molecular weight excluding hydrogens is 398 g/mol. The Balaban J connectivity index is 6.08. The fourth-order valence-electron chi connectivity index (χ4n) is 1.49. The van der Waals surface area contributed by atoms with Crippen molar-refractivity contribution < 1.29 is 49.1 Å². The quantitative estimate of drug-likeness (QED) is 0.348. The maximum atomic E-state index is 13.8. The molecule has 0 aliphatic carbocycles. The zero-order chi connectivity index (χ0) is 21.1. The standard InChI is InChI=1S/C12H14F6N2O5S/c1-4-20-26(23,24)12(17,18)11(15,16)10(13,14)8(21)7(5-19)9(22)25-6(2)3/h6-7,20H,4H2,1-3H3. The summed E-state index contributed by atoms with van der Waals surface area (Å²) in [4.78, 5) is 22.9. The van der Waals surface area contributed by atoms with Crippen molar-refractivity contribution in [2.24, 2.45) is 5.92 Å². The number of carbonyl (C=O) groups is 2. The van der Waals surface area contributed by atoms with Crippen LogP contribution in [-0.4, -0.2) is 49.9 Å². The molecule has 1 N–H and O–H groups in total. The molecule has 0 radical (unpaired) electrons. The Hall–Kier alpha value is -1.88. The van der Waals surface area contributed by atoms with Gasteiger partial charge in [0.05, 0.1) is 12.2 Å². The van der Waals surface area contributed by atoms with Crippen molar-refractivity contribution in [1.82, 2.24) is 4.72 Å². The molecule has 7 nitrogen and oxygen atoms in total. The van der Waals surface area contributed by atoms with E-state index in [9.17, 15) is 44.3 Å². The van der Waals surface area contributed by atoms with E-state index in [0.29, 0.717) is 6.07 Å². The van der Waals surface area contributed by atoms with Gasteiger partial charge in [-0.2, -0.15) is 31.6 Å². The highest BCUT2D eigenvalue weighted by Crippen LogP contribution is 2.49. The van der Waals surface area contributed by atoms with Crippen molar-refractivity contribution >= 4 is 21.8 Å². The summed E-state index contributed by atoms with van der Waals surface area (Å²) in [5.41, 5.74) is 0. The zero-order valence-electron chi connectivity index (χ0n) is 13.5. The second-order valence-electron chi connectivity index (χ2n) is 5.08. The number of hydrogen-bond acceptors (Lipinski definition) is 6. The van der Waals surface area contributed by atoms with Crippen LogP contribution < -0.4 is 4.72 Å². The third kappa shape index (κ3) is 4.09. The van der Waals surface area contributed by atoms with Crippen LogP contribution in [0.3, 0.4) is 0 Å². The van der Waals surface area contributed by atoms with Crippen molar-refractivity contribution in [1.29, 1.82) is 5.26 Å². The molecule has 1 atom stereocenters. The number of rotatable bonds is 9. The number of nitrogens with zero attached hydrogens (tertiary/aromatic N) is 1. The third-order valence-corrected chi connectivity index (χ3v) is 4.32. The summed E-state index contributed by atoms with van der Waals surface area (Å²) in [5, 5.41) is 2.15. The molecule has 0 aromatic rings. The van der Waals surface area contributed by atoms with Gasteiger partial charge in [0, 0.05) is 6.54 Å². The first-order chi connectivity index (χ1) is 11.5. The van der Waals surface area contributed by atoms with Gasteiger partial charge >= 0.3 is 23.1 Å². The lowest BCUT2D eigenvalue weighted by atomic mass is 9.96. The fourth-order valence-corrected chi connectivity index (χ4v) is 2.51. The summed E-state index contributed by atoms with van der Waals surface area (Å²) in [7, 11) is -6.32. The molecule has 0 aromatic heterocycles. The lowest BCUT2D eigenvalue weighted by Gasteiger charge is -2.31. The Morgan fingerprint density at radius 2 is 1.62 bits per heavy atom. The third-order valence-electron chi connectivity index (χ3n) is 2.72. The molecule has 1 unspecified atom stereocenters. The molecule has 0 saturated carbocycles. The maximum Gasteiger partial charge on any atom is 0.427 e. The lowest BCUT2D eigenvalue weighted by molar-refractivity contribution is -0.269. The van der Waals surface area contributed by atoms with E-state index in [1.54, 1.807) is 0 Å². The normalized spacial score (nSPS) is 14.7. The highest BCUT2D eigenvalue weighted by Gasteiger charge is 2.80. The first-order valence-corrected chi connectivity index (χ1v) is 8.26. The monoisotopic (exact) mass is 412 g/mol. The molecule has 26 heavy (non-hydrogen) atoms. The number of sulfonamides is 1. The number of esters is 1. The molecule has 0 fully saturated rings. The summed E-state index contributed by atoms with van der Waals surface area (Å²) >= 11 is 0. The number of ketones is 1. The summed E-state index contributed by atoms with van der Waals surface area (Å²) < 4.78 is 109. The van der Waals surface area contributed by atoms with E-state index in [1.807, 2.05) is 0 Å². The Kier molecular flexibility index (Phi) is 7.22. The maximum absolute atomic E-state index is 13.8. The van der Waals surface area contributed by atoms with Crippen molar-refractivity contribution in [2.45, 2.75) is 44.0 Å². The van der Waals surface area contributed by atoms with E-state index in [1.165, 1.54) is 13.8 Å². The Morgan fingerprint density at radius 1 is 1.15 bits per heavy atom. The molecule has 0 aliphatic heterocycles. The average molecular weight is 412 g/mol. The van der Waals surface area contributed by atoms with Crippen LogP contribution in [0.15, 0.2) is 0 Å². The van der Waals surface area contributed by atoms with E-state index < -0.39 is 57.4 Å². The predicted octanol–water partition coefficient (Wildman–Crippen LogP) is 1.45. The molecule has 0 aliphatic rings. The number of carbonyl (C=O) groups excluding carboxylic acids is 2. The molecule has 0 bridgehead atoms. The van der Waals surface area contributed by atoms with E-state index >= 15 is 0 Å². The minimum absolute atomic E-state index is 0.653. The smallest absolute Gasteiger partial charge is 0.427 e. The molecule has 0 saturated heterocycles. The minimum Gasteiger partial charge on any atom is -0.462 e. The largest absolute Gasteiger partial charge is 0.462 e. The van der Waals surface area contributed by atoms with E-state index in [4.69, 9.17) is 5.26 Å². The molecule has 0 spiro atoms. The van der Waals surface area contributed by atoms with Crippen LogP contribution in [0.5, 0.6) is 0 Å². The van der Waals surface area contributed by atoms with Crippen LogP contribution >= 0.6 is 0 Å². The number of Topliss-reactive ketones (excluding diaryl/α,β-unsaturated/α-hetero) is 1. The van der Waals surface area contributed by atoms with Gasteiger partial charge in [0.25, 0.3) is 10.0 Å². The molecule has 150 valence electrons. The van der Waals surface area contributed by atoms with E-state index in [-0.39, 0.29) is 0 Å². The van der Waals surface area contributed by atoms with Crippen molar-refractivity contribution in [3.8, 4) is 6.07 Å². The molecule has 0 rings (SSSR count). The second kappa shape index (κ2) is 7.78. The van der Waals surface area contributed by atoms with Gasteiger partial charge < -0.3 is 4.74 Å². The number of nitrogens with one attached hydrogen (secondary N) is 1. The van der Waals surface area contributed by atoms with Crippen LogP contribution in [0.1, 0.15) is 20.8 Å². The molecule has 0 amide bonds. The van der Waals surface area contributed by atoms with Gasteiger partial charge in [-0.25, -0.2) is 13.1 Å². The first kappa shape index (κ1) is 24.1. The Morgan fingerprint density at radius 3 is 1.96 bits per heavy atom. The van der Waals surface area contributed by atoms with Crippen molar-refractivity contribution in [2.75, 3.05) is 6.54 Å². The number of alkyl halides is 6. The van der Waals surface area contributed by atoms with Crippen molar-refractivity contribution in [3.63, 3.8) is 0 Å². The Labute approximate surface area is 144 Å². The number of hydrogen-bond donors (Lipinski definition) is 1. The fraction of sp³-hybridized carbons (Fsp3) is 0.750. The number of nitriles is 1. The molecule has 0 aromatic carbocycles. The predicted molar refractivity (Wildman–Crippen MR) is 72.8 cm³/mol. The van der Waals surface area contributed by atoms with E-state index in [0.717, 1.165) is 11.6 Å². The number of halogens is 6. The minimum atomic E-state index is -6.77. The lowest BCUT2D eigenvalue weighted by Crippen LogP contribution is -2.64. The summed E-state index contributed by atoms with van der Waals surface area (Å²) in [6.45, 7) is 2.40. The number of ether oxygens (including phenoxy) is 1. The summed E-state index contributed by atoms with van der Waals surface area (Å²) in [5.74, 6) is -21.5. The highest BCUT2D eigenvalue weighted by atomic mass is 32.2. The van der Waals surface area contributed by atoms with Gasteiger partial charge in [-0.3, -0.25) is 9.59 Å². The van der Waals surface area contributed by atoms with Crippen LogP contribution in [0.2, 0.25) is 0 Å². The van der Waals surface area contributed by atoms with Gasteiger partial charge in [-0.15, -0.1) is 0 Å².